The molecule has 4 aromatic rings. The van der Waals surface area contributed by atoms with Crippen molar-refractivity contribution in [3.8, 4) is 0 Å². The Morgan fingerprint density at radius 1 is 1.05 bits per heavy atom. The van der Waals surface area contributed by atoms with Gasteiger partial charge in [0.25, 0.3) is 5.91 Å². The molecule has 0 aliphatic carbocycles. The SMILES string of the molecule is CCN(Cc1ccccc1)S(=O)(=O)c1ccc(C(=O)N(CCN2CCOCC2)c2nc3ccc(SC)cc3s2)cc1. The number of anilines is 1. The van der Waals surface area contributed by atoms with Crippen LogP contribution in [0.5, 0.6) is 0 Å². The van der Waals surface area contributed by atoms with E-state index in [4.69, 9.17) is 9.72 Å². The number of hydrogen-bond donors (Lipinski definition) is 0. The molecular weight excluding hydrogens is 577 g/mol. The fraction of sp³-hybridized carbons (Fsp3) is 0.333. The second-order valence-corrected chi connectivity index (χ2v) is 13.5. The Labute approximate surface area is 250 Å². The molecule has 0 spiro atoms. The average molecular weight is 611 g/mol. The van der Waals surface area contributed by atoms with Crippen molar-refractivity contribution < 1.29 is 17.9 Å². The van der Waals surface area contributed by atoms with Gasteiger partial charge >= 0.3 is 0 Å². The number of carbonyl (C=O) groups is 1. The number of thiazole rings is 1. The molecule has 0 atom stereocenters. The van der Waals surface area contributed by atoms with Crippen LogP contribution in [0.15, 0.2) is 82.6 Å². The molecule has 0 unspecified atom stereocenters. The van der Waals surface area contributed by atoms with E-state index in [0.29, 0.717) is 43.5 Å². The summed E-state index contributed by atoms with van der Waals surface area (Å²) < 4.78 is 34.8. The molecule has 0 bridgehead atoms. The Morgan fingerprint density at radius 2 is 1.78 bits per heavy atom. The van der Waals surface area contributed by atoms with Gasteiger partial charge in [-0.25, -0.2) is 13.4 Å². The van der Waals surface area contributed by atoms with E-state index in [0.717, 1.165) is 33.8 Å². The van der Waals surface area contributed by atoms with E-state index in [9.17, 15) is 13.2 Å². The molecule has 2 heterocycles. The number of thioether (sulfide) groups is 1. The van der Waals surface area contributed by atoms with E-state index in [1.807, 2.05) is 55.6 Å². The van der Waals surface area contributed by atoms with Crippen LogP contribution in [-0.2, 0) is 21.3 Å². The minimum Gasteiger partial charge on any atom is -0.379 e. The highest BCUT2D eigenvalue weighted by atomic mass is 32.2. The molecule has 216 valence electrons. The average Bonchev–Trinajstić information content (AvgIpc) is 3.44. The zero-order chi connectivity index (χ0) is 28.8. The Balaban J connectivity index is 1.39. The molecule has 1 aliphatic heterocycles. The first-order valence-electron chi connectivity index (χ1n) is 13.6. The van der Waals surface area contributed by atoms with Gasteiger partial charge in [0, 0.05) is 49.7 Å². The third-order valence-electron chi connectivity index (χ3n) is 7.10. The van der Waals surface area contributed by atoms with Gasteiger partial charge in [-0.2, -0.15) is 4.31 Å². The van der Waals surface area contributed by atoms with Gasteiger partial charge in [0.1, 0.15) is 0 Å². The number of rotatable bonds is 11. The summed E-state index contributed by atoms with van der Waals surface area (Å²) in [5, 5.41) is 0.633. The first-order valence-corrected chi connectivity index (χ1v) is 17.1. The monoisotopic (exact) mass is 610 g/mol. The number of nitrogens with zero attached hydrogens (tertiary/aromatic N) is 4. The van der Waals surface area contributed by atoms with E-state index in [-0.39, 0.29) is 17.3 Å². The van der Waals surface area contributed by atoms with Crippen LogP contribution in [-0.4, -0.2) is 80.7 Å². The Bertz CT molecular complexity index is 1570. The molecule has 1 saturated heterocycles. The van der Waals surface area contributed by atoms with Gasteiger partial charge in [-0.05, 0) is 54.3 Å². The van der Waals surface area contributed by atoms with Crippen LogP contribution in [0.3, 0.4) is 0 Å². The molecule has 0 radical (unpaired) electrons. The lowest BCUT2D eigenvalue weighted by Gasteiger charge is -2.29. The first kappa shape index (κ1) is 29.7. The fourth-order valence-corrected chi connectivity index (χ4v) is 7.69. The molecule has 1 amide bonds. The molecule has 8 nitrogen and oxygen atoms in total. The minimum atomic E-state index is -3.74. The third kappa shape index (κ3) is 6.99. The van der Waals surface area contributed by atoms with Gasteiger partial charge < -0.3 is 4.74 Å². The normalized spacial score (nSPS) is 14.5. The Kier molecular flexibility index (Phi) is 9.74. The maximum absolute atomic E-state index is 13.9. The molecule has 1 aromatic heterocycles. The van der Waals surface area contributed by atoms with Gasteiger partial charge in [-0.15, -0.1) is 11.8 Å². The number of carbonyl (C=O) groups excluding carboxylic acids is 1. The second-order valence-electron chi connectivity index (χ2n) is 9.68. The maximum Gasteiger partial charge on any atom is 0.260 e. The quantitative estimate of drug-likeness (QED) is 0.216. The Hall–Kier alpha value is -2.80. The van der Waals surface area contributed by atoms with Crippen molar-refractivity contribution in [2.45, 2.75) is 23.3 Å². The molecular formula is C30H34N4O4S3. The zero-order valence-electron chi connectivity index (χ0n) is 23.2. The molecule has 1 fully saturated rings. The van der Waals surface area contributed by atoms with Crippen LogP contribution in [0.25, 0.3) is 10.2 Å². The van der Waals surface area contributed by atoms with Crippen LogP contribution in [0.1, 0.15) is 22.8 Å². The number of morpholine rings is 1. The van der Waals surface area contributed by atoms with Crippen molar-refractivity contribution in [3.63, 3.8) is 0 Å². The van der Waals surface area contributed by atoms with Gasteiger partial charge in [-0.3, -0.25) is 14.6 Å². The predicted molar refractivity (Wildman–Crippen MR) is 166 cm³/mol. The summed E-state index contributed by atoms with van der Waals surface area (Å²) in [7, 11) is -3.74. The van der Waals surface area contributed by atoms with Crippen molar-refractivity contribution in [3.05, 3.63) is 83.9 Å². The number of aromatic nitrogens is 1. The summed E-state index contributed by atoms with van der Waals surface area (Å²) in [6, 6.07) is 21.9. The summed E-state index contributed by atoms with van der Waals surface area (Å²) in [5.74, 6) is -0.206. The first-order chi connectivity index (χ1) is 19.9. The fourth-order valence-electron chi connectivity index (χ4n) is 4.71. The zero-order valence-corrected chi connectivity index (χ0v) is 25.7. The molecule has 5 rings (SSSR count). The van der Waals surface area contributed by atoms with Gasteiger partial charge in [0.2, 0.25) is 10.0 Å². The van der Waals surface area contributed by atoms with Crippen LogP contribution in [0.4, 0.5) is 5.13 Å². The van der Waals surface area contributed by atoms with Gasteiger partial charge in [0.15, 0.2) is 5.13 Å². The summed E-state index contributed by atoms with van der Waals surface area (Å²) >= 11 is 3.16. The van der Waals surface area contributed by atoms with Crippen molar-refractivity contribution in [1.82, 2.24) is 14.2 Å². The predicted octanol–water partition coefficient (Wildman–Crippen LogP) is 5.21. The lowest BCUT2D eigenvalue weighted by atomic mass is 10.2. The number of ether oxygens (including phenoxy) is 1. The van der Waals surface area contributed by atoms with E-state index in [1.54, 1.807) is 28.8 Å². The van der Waals surface area contributed by atoms with Crippen LogP contribution in [0, 0.1) is 0 Å². The number of amides is 1. The van der Waals surface area contributed by atoms with E-state index < -0.39 is 10.0 Å². The minimum absolute atomic E-state index is 0.163. The highest BCUT2D eigenvalue weighted by molar-refractivity contribution is 7.98. The van der Waals surface area contributed by atoms with Crippen molar-refractivity contribution in [2.75, 3.05) is 57.1 Å². The lowest BCUT2D eigenvalue weighted by Crippen LogP contribution is -2.43. The molecule has 41 heavy (non-hydrogen) atoms. The van der Waals surface area contributed by atoms with Crippen molar-refractivity contribution in [1.29, 1.82) is 0 Å². The molecule has 1 aliphatic rings. The summed E-state index contributed by atoms with van der Waals surface area (Å²) in [4.78, 5) is 24.0. The molecule has 0 saturated carbocycles. The number of sulfonamides is 1. The number of benzene rings is 3. The van der Waals surface area contributed by atoms with Crippen LogP contribution < -0.4 is 4.90 Å². The highest BCUT2D eigenvalue weighted by Crippen LogP contribution is 2.32. The topological polar surface area (TPSA) is 83.1 Å². The van der Waals surface area contributed by atoms with E-state index in [2.05, 4.69) is 11.0 Å². The molecule has 11 heteroatoms. The lowest BCUT2D eigenvalue weighted by molar-refractivity contribution is 0.0391. The number of hydrogen-bond acceptors (Lipinski definition) is 8. The maximum atomic E-state index is 13.9. The second kappa shape index (κ2) is 13.5. The van der Waals surface area contributed by atoms with E-state index >= 15 is 0 Å². The third-order valence-corrected chi connectivity index (χ3v) is 10.8. The van der Waals surface area contributed by atoms with E-state index in [1.165, 1.54) is 27.8 Å². The standard InChI is InChI=1S/C30H34N4O4S3/c1-3-33(22-23-7-5-4-6-8-23)41(36,37)26-12-9-24(10-13-26)29(35)34(16-15-32-17-19-38-20-18-32)30-31-27-14-11-25(39-2)21-28(27)40-30/h4-14,21H,3,15-20,22H2,1-2H3. The van der Waals surface area contributed by atoms with Gasteiger partial charge in [0.05, 0.1) is 28.3 Å². The summed E-state index contributed by atoms with van der Waals surface area (Å²) in [6.45, 7) is 6.61. The smallest absolute Gasteiger partial charge is 0.260 e. The molecule has 3 aromatic carbocycles. The van der Waals surface area contributed by atoms with Gasteiger partial charge in [-0.1, -0.05) is 48.6 Å². The number of fused-ring (bicyclic) bond motifs is 1. The van der Waals surface area contributed by atoms with Crippen LogP contribution >= 0.6 is 23.1 Å². The van der Waals surface area contributed by atoms with Crippen molar-refractivity contribution in [2.24, 2.45) is 0 Å². The van der Waals surface area contributed by atoms with Crippen molar-refractivity contribution >= 4 is 54.4 Å². The Morgan fingerprint density at radius 3 is 2.46 bits per heavy atom. The summed E-state index contributed by atoms with van der Waals surface area (Å²) in [5.41, 5.74) is 2.19. The van der Waals surface area contributed by atoms with Crippen LogP contribution in [0.2, 0.25) is 0 Å². The largest absolute Gasteiger partial charge is 0.379 e. The summed E-state index contributed by atoms with van der Waals surface area (Å²) in [6.07, 6.45) is 2.03. The molecule has 0 N–H and O–H groups in total. The highest BCUT2D eigenvalue weighted by Gasteiger charge is 2.26.